The first kappa shape index (κ1) is 15.0. The minimum absolute atomic E-state index is 0.0526. The summed E-state index contributed by atoms with van der Waals surface area (Å²) >= 11 is 0. The van der Waals surface area contributed by atoms with E-state index in [1.807, 2.05) is 35.1 Å². The van der Waals surface area contributed by atoms with Crippen molar-refractivity contribution in [3.05, 3.63) is 60.4 Å². The van der Waals surface area contributed by atoms with Crippen LogP contribution in [0.5, 0.6) is 0 Å². The monoisotopic (exact) mass is 305 g/mol. The molecule has 2 rings (SSSR count). The van der Waals surface area contributed by atoms with E-state index >= 15 is 0 Å². The number of rotatable bonds is 5. The van der Waals surface area contributed by atoms with Crippen LogP contribution in [0.3, 0.4) is 0 Å². The normalized spacial score (nSPS) is 10.9. The van der Waals surface area contributed by atoms with Crippen molar-refractivity contribution in [1.29, 1.82) is 0 Å². The van der Waals surface area contributed by atoms with E-state index in [2.05, 4.69) is 10.3 Å². The van der Waals surface area contributed by atoms with Crippen molar-refractivity contribution in [2.24, 2.45) is 0 Å². The molecule has 0 saturated carbocycles. The lowest BCUT2D eigenvalue weighted by atomic mass is 10.1. The van der Waals surface area contributed by atoms with Crippen LogP contribution in [0.1, 0.15) is 5.56 Å². The van der Waals surface area contributed by atoms with Crippen LogP contribution >= 0.6 is 0 Å². The highest BCUT2D eigenvalue weighted by atomic mass is 32.2. The number of nitrogens with one attached hydrogen (secondary N) is 2. The van der Waals surface area contributed by atoms with Gasteiger partial charge in [-0.2, -0.15) is 0 Å². The molecule has 0 fully saturated rings. The molecule has 0 aliphatic rings. The van der Waals surface area contributed by atoms with Gasteiger partial charge in [0.15, 0.2) is 0 Å². The third-order valence-electron chi connectivity index (χ3n) is 2.71. The summed E-state index contributed by atoms with van der Waals surface area (Å²) in [5.74, 6) is 0. The number of benzene rings is 1. The van der Waals surface area contributed by atoms with Crippen LogP contribution < -0.4 is 10.0 Å². The smallest absolute Gasteiger partial charge is 0.328 e. The fourth-order valence-corrected chi connectivity index (χ4v) is 2.58. The molecule has 0 aliphatic carbocycles. The number of amides is 2. The molecule has 0 radical (unpaired) electrons. The molecule has 0 unspecified atom stereocenters. The lowest BCUT2D eigenvalue weighted by molar-refractivity contribution is 0.246. The van der Waals surface area contributed by atoms with Gasteiger partial charge in [-0.05, 0) is 24.1 Å². The van der Waals surface area contributed by atoms with Crippen LogP contribution in [-0.2, 0) is 16.4 Å². The van der Waals surface area contributed by atoms with E-state index in [9.17, 15) is 13.2 Å². The van der Waals surface area contributed by atoms with Crippen molar-refractivity contribution >= 4 is 16.1 Å². The number of pyridine rings is 1. The molecular formula is C14H15N3O3S. The predicted molar refractivity (Wildman–Crippen MR) is 78.1 cm³/mol. The van der Waals surface area contributed by atoms with Gasteiger partial charge in [0.05, 0.1) is 0 Å². The van der Waals surface area contributed by atoms with Gasteiger partial charge in [0, 0.05) is 18.9 Å². The quantitative estimate of drug-likeness (QED) is 0.872. The van der Waals surface area contributed by atoms with Crippen molar-refractivity contribution in [2.75, 3.05) is 6.54 Å². The summed E-state index contributed by atoms with van der Waals surface area (Å²) in [7, 11) is -3.88. The third kappa shape index (κ3) is 4.57. The molecule has 7 heteroatoms. The van der Waals surface area contributed by atoms with Gasteiger partial charge in [-0.15, -0.1) is 0 Å². The van der Waals surface area contributed by atoms with Crippen LogP contribution in [0.4, 0.5) is 4.79 Å². The van der Waals surface area contributed by atoms with Crippen LogP contribution in [-0.4, -0.2) is 26.0 Å². The lowest BCUT2D eigenvalue weighted by Crippen LogP contribution is -2.40. The zero-order valence-electron chi connectivity index (χ0n) is 11.2. The number of carbonyl (C=O) groups excluding carboxylic acids is 1. The molecule has 21 heavy (non-hydrogen) atoms. The number of hydrogen-bond acceptors (Lipinski definition) is 4. The predicted octanol–water partition coefficient (Wildman–Crippen LogP) is 1.31. The molecule has 6 nitrogen and oxygen atoms in total. The van der Waals surface area contributed by atoms with Crippen LogP contribution in [0, 0.1) is 0 Å². The number of urea groups is 1. The van der Waals surface area contributed by atoms with E-state index in [-0.39, 0.29) is 4.90 Å². The molecule has 2 N–H and O–H groups in total. The van der Waals surface area contributed by atoms with Gasteiger partial charge in [0.1, 0.15) is 4.90 Å². The summed E-state index contributed by atoms with van der Waals surface area (Å²) in [5, 5.41) is 2.51. The second kappa shape index (κ2) is 6.85. The third-order valence-corrected chi connectivity index (χ3v) is 4.03. The summed E-state index contributed by atoms with van der Waals surface area (Å²) < 4.78 is 25.7. The minimum atomic E-state index is -3.88. The molecule has 1 aromatic heterocycles. The fourth-order valence-electron chi connectivity index (χ4n) is 1.69. The Labute approximate surface area is 123 Å². The Morgan fingerprint density at radius 1 is 1.10 bits per heavy atom. The Bertz CT molecular complexity index is 688. The number of hydrogen-bond donors (Lipinski definition) is 2. The number of aromatic nitrogens is 1. The first-order valence-corrected chi connectivity index (χ1v) is 7.81. The average molecular weight is 305 g/mol. The first-order valence-electron chi connectivity index (χ1n) is 6.32. The van der Waals surface area contributed by atoms with Gasteiger partial charge in [-0.1, -0.05) is 30.3 Å². The fraction of sp³-hybridized carbons (Fsp3) is 0.143. The molecule has 0 spiro atoms. The van der Waals surface area contributed by atoms with E-state index in [1.165, 1.54) is 24.5 Å². The molecule has 0 aliphatic heterocycles. The number of nitrogens with zero attached hydrogens (tertiary/aromatic N) is 1. The van der Waals surface area contributed by atoms with Crippen LogP contribution in [0.2, 0.25) is 0 Å². The van der Waals surface area contributed by atoms with Gasteiger partial charge < -0.3 is 5.32 Å². The topological polar surface area (TPSA) is 88.2 Å². The first-order chi connectivity index (χ1) is 10.1. The van der Waals surface area contributed by atoms with Gasteiger partial charge in [0.2, 0.25) is 0 Å². The van der Waals surface area contributed by atoms with E-state index in [0.717, 1.165) is 5.56 Å². The second-order valence-electron chi connectivity index (χ2n) is 4.29. The highest BCUT2D eigenvalue weighted by Gasteiger charge is 2.16. The molecule has 2 aromatic rings. The summed E-state index contributed by atoms with van der Waals surface area (Å²) in [6.45, 7) is 0.346. The summed E-state index contributed by atoms with van der Waals surface area (Å²) in [5.41, 5.74) is 1.06. The maximum atomic E-state index is 11.9. The zero-order valence-corrected chi connectivity index (χ0v) is 12.0. The SMILES string of the molecule is O=C(NCCc1ccccc1)NS(=O)(=O)c1cccnc1. The van der Waals surface area contributed by atoms with Crippen molar-refractivity contribution in [1.82, 2.24) is 15.0 Å². The number of carbonyl (C=O) groups is 1. The summed E-state index contributed by atoms with van der Waals surface area (Å²) in [6, 6.07) is 11.7. The van der Waals surface area contributed by atoms with E-state index in [4.69, 9.17) is 0 Å². The van der Waals surface area contributed by atoms with E-state index in [0.29, 0.717) is 13.0 Å². The molecule has 2 amide bonds. The Hall–Kier alpha value is -2.41. The standard InChI is InChI=1S/C14H15N3O3S/c18-14(16-10-8-12-5-2-1-3-6-12)17-21(19,20)13-7-4-9-15-11-13/h1-7,9,11H,8,10H2,(H2,16,17,18). The van der Waals surface area contributed by atoms with Gasteiger partial charge in [-0.3, -0.25) is 4.98 Å². The van der Waals surface area contributed by atoms with Crippen LogP contribution in [0.25, 0.3) is 0 Å². The summed E-state index contributed by atoms with van der Waals surface area (Å²) in [6.07, 6.45) is 3.26. The van der Waals surface area contributed by atoms with E-state index in [1.54, 1.807) is 0 Å². The molecule has 110 valence electrons. The van der Waals surface area contributed by atoms with Gasteiger partial charge >= 0.3 is 6.03 Å². The zero-order chi connectivity index (χ0) is 15.1. The highest BCUT2D eigenvalue weighted by molar-refractivity contribution is 7.90. The van der Waals surface area contributed by atoms with Crippen molar-refractivity contribution < 1.29 is 13.2 Å². The Kier molecular flexibility index (Phi) is 4.89. The maximum Gasteiger partial charge on any atom is 0.328 e. The second-order valence-corrected chi connectivity index (χ2v) is 5.97. The van der Waals surface area contributed by atoms with Gasteiger partial charge in [0.25, 0.3) is 10.0 Å². The van der Waals surface area contributed by atoms with E-state index < -0.39 is 16.1 Å². The Morgan fingerprint density at radius 3 is 2.52 bits per heavy atom. The molecular weight excluding hydrogens is 290 g/mol. The lowest BCUT2D eigenvalue weighted by Gasteiger charge is -2.08. The van der Waals surface area contributed by atoms with Gasteiger partial charge in [-0.25, -0.2) is 17.9 Å². The van der Waals surface area contributed by atoms with Crippen molar-refractivity contribution in [2.45, 2.75) is 11.3 Å². The highest BCUT2D eigenvalue weighted by Crippen LogP contribution is 2.04. The van der Waals surface area contributed by atoms with Crippen molar-refractivity contribution in [3.63, 3.8) is 0 Å². The Balaban J connectivity index is 1.85. The average Bonchev–Trinajstić information content (AvgIpc) is 2.49. The minimum Gasteiger partial charge on any atom is -0.337 e. The number of sulfonamides is 1. The Morgan fingerprint density at radius 2 is 1.86 bits per heavy atom. The maximum absolute atomic E-state index is 11.9. The summed E-state index contributed by atoms with van der Waals surface area (Å²) in [4.78, 5) is 15.3. The molecule has 0 atom stereocenters. The molecule has 1 aromatic carbocycles. The molecule has 0 saturated heterocycles. The largest absolute Gasteiger partial charge is 0.337 e. The molecule has 0 bridgehead atoms. The molecule has 1 heterocycles. The van der Waals surface area contributed by atoms with Crippen molar-refractivity contribution in [3.8, 4) is 0 Å². The van der Waals surface area contributed by atoms with Crippen LogP contribution in [0.15, 0.2) is 59.8 Å².